The Morgan fingerprint density at radius 2 is 2.11 bits per heavy atom. The number of hydrogen-bond donors (Lipinski definition) is 2. The van der Waals surface area contributed by atoms with Crippen molar-refractivity contribution in [2.75, 3.05) is 5.73 Å². The van der Waals surface area contributed by atoms with Gasteiger partial charge in [0, 0.05) is 6.20 Å². The van der Waals surface area contributed by atoms with Crippen LogP contribution in [0.1, 0.15) is 5.69 Å². The molecule has 1 aromatic carbocycles. The highest BCUT2D eigenvalue weighted by molar-refractivity contribution is 7.89. The van der Waals surface area contributed by atoms with Crippen LogP contribution in [0.3, 0.4) is 0 Å². The first-order chi connectivity index (χ1) is 8.99. The molecular weight excluding hydrogens is 288 g/mol. The van der Waals surface area contributed by atoms with Crippen LogP contribution in [-0.2, 0) is 16.6 Å². The van der Waals surface area contributed by atoms with Gasteiger partial charge >= 0.3 is 0 Å². The Hall–Kier alpha value is -1.70. The van der Waals surface area contributed by atoms with E-state index < -0.39 is 10.0 Å². The molecule has 1 heterocycles. The van der Waals surface area contributed by atoms with E-state index in [2.05, 4.69) is 14.7 Å². The van der Waals surface area contributed by atoms with Gasteiger partial charge in [0.1, 0.15) is 6.33 Å². The zero-order valence-corrected chi connectivity index (χ0v) is 11.3. The molecule has 0 saturated carbocycles. The van der Waals surface area contributed by atoms with Crippen LogP contribution in [0.25, 0.3) is 0 Å². The SMILES string of the molecule is Nc1ccc(S(=O)(=O)NCc2ccncn2)cc1Cl. The molecule has 0 bridgehead atoms. The first-order valence-electron chi connectivity index (χ1n) is 5.28. The first kappa shape index (κ1) is 13.7. The molecule has 100 valence electrons. The largest absolute Gasteiger partial charge is 0.398 e. The van der Waals surface area contributed by atoms with Crippen LogP contribution in [0.5, 0.6) is 0 Å². The number of nitrogens with two attached hydrogens (primary N) is 1. The van der Waals surface area contributed by atoms with Gasteiger partial charge in [0.2, 0.25) is 10.0 Å². The summed E-state index contributed by atoms with van der Waals surface area (Å²) in [4.78, 5) is 7.73. The van der Waals surface area contributed by atoms with Crippen LogP contribution in [0.4, 0.5) is 5.69 Å². The summed E-state index contributed by atoms with van der Waals surface area (Å²) in [6.07, 6.45) is 2.89. The molecule has 0 spiro atoms. The fourth-order valence-electron chi connectivity index (χ4n) is 1.35. The summed E-state index contributed by atoms with van der Waals surface area (Å²) in [7, 11) is -3.65. The van der Waals surface area contributed by atoms with Crippen molar-refractivity contribution in [1.29, 1.82) is 0 Å². The maximum Gasteiger partial charge on any atom is 0.240 e. The second-order valence-corrected chi connectivity index (χ2v) is 5.88. The fraction of sp³-hybridized carbons (Fsp3) is 0.0909. The second-order valence-electron chi connectivity index (χ2n) is 3.71. The number of sulfonamides is 1. The molecule has 6 nitrogen and oxygen atoms in total. The average molecular weight is 299 g/mol. The van der Waals surface area contributed by atoms with Crippen molar-refractivity contribution in [2.45, 2.75) is 11.4 Å². The maximum atomic E-state index is 12.0. The molecule has 0 aliphatic heterocycles. The summed E-state index contributed by atoms with van der Waals surface area (Å²) in [6.45, 7) is 0.0762. The van der Waals surface area contributed by atoms with Crippen molar-refractivity contribution in [1.82, 2.24) is 14.7 Å². The van der Waals surface area contributed by atoms with E-state index in [4.69, 9.17) is 17.3 Å². The molecule has 0 aliphatic carbocycles. The lowest BCUT2D eigenvalue weighted by atomic mass is 10.3. The topological polar surface area (TPSA) is 98.0 Å². The van der Waals surface area contributed by atoms with Crippen LogP contribution >= 0.6 is 11.6 Å². The predicted molar refractivity (Wildman–Crippen MR) is 71.9 cm³/mol. The standard InChI is InChI=1S/C11H11ClN4O2S/c12-10-5-9(1-2-11(10)13)19(17,18)16-6-8-3-4-14-7-15-8/h1-5,7,16H,6,13H2. The Morgan fingerprint density at radius 3 is 2.74 bits per heavy atom. The van der Waals surface area contributed by atoms with E-state index in [1.165, 1.54) is 30.7 Å². The van der Waals surface area contributed by atoms with Gasteiger partial charge in [-0.1, -0.05) is 11.6 Å². The number of anilines is 1. The van der Waals surface area contributed by atoms with Crippen LogP contribution in [0.2, 0.25) is 5.02 Å². The summed E-state index contributed by atoms with van der Waals surface area (Å²) >= 11 is 5.80. The van der Waals surface area contributed by atoms with Crippen molar-refractivity contribution in [2.24, 2.45) is 0 Å². The minimum absolute atomic E-state index is 0.0563. The average Bonchev–Trinajstić information content (AvgIpc) is 2.41. The molecule has 0 saturated heterocycles. The molecule has 0 amide bonds. The van der Waals surface area contributed by atoms with Crippen LogP contribution in [0.15, 0.2) is 41.7 Å². The van der Waals surface area contributed by atoms with Gasteiger partial charge < -0.3 is 5.73 Å². The van der Waals surface area contributed by atoms with Gasteiger partial charge in [0.05, 0.1) is 27.8 Å². The number of hydrogen-bond acceptors (Lipinski definition) is 5. The van der Waals surface area contributed by atoms with Crippen molar-refractivity contribution in [3.05, 3.63) is 47.5 Å². The van der Waals surface area contributed by atoms with Crippen molar-refractivity contribution < 1.29 is 8.42 Å². The lowest BCUT2D eigenvalue weighted by Gasteiger charge is -2.07. The summed E-state index contributed by atoms with van der Waals surface area (Å²) in [5.74, 6) is 0. The minimum atomic E-state index is -3.65. The molecule has 0 aliphatic rings. The van der Waals surface area contributed by atoms with E-state index in [1.54, 1.807) is 6.07 Å². The van der Waals surface area contributed by atoms with Crippen LogP contribution in [-0.4, -0.2) is 18.4 Å². The molecule has 2 rings (SSSR count). The maximum absolute atomic E-state index is 12.0. The molecule has 0 radical (unpaired) electrons. The second kappa shape index (κ2) is 5.52. The zero-order chi connectivity index (χ0) is 13.9. The van der Waals surface area contributed by atoms with Gasteiger partial charge in [-0.2, -0.15) is 0 Å². The quantitative estimate of drug-likeness (QED) is 0.826. The molecule has 19 heavy (non-hydrogen) atoms. The highest BCUT2D eigenvalue weighted by Gasteiger charge is 2.15. The molecule has 1 aromatic heterocycles. The molecule has 8 heteroatoms. The summed E-state index contributed by atoms with van der Waals surface area (Å²) < 4.78 is 26.5. The zero-order valence-electron chi connectivity index (χ0n) is 9.75. The number of aromatic nitrogens is 2. The summed E-state index contributed by atoms with van der Waals surface area (Å²) in [6, 6.07) is 5.77. The summed E-state index contributed by atoms with van der Waals surface area (Å²) in [5.41, 5.74) is 6.43. The van der Waals surface area contributed by atoms with Gasteiger partial charge in [0.25, 0.3) is 0 Å². The molecular formula is C11H11ClN4O2S. The molecule has 3 N–H and O–H groups in total. The lowest BCUT2D eigenvalue weighted by Crippen LogP contribution is -2.23. The normalized spacial score (nSPS) is 11.4. The van der Waals surface area contributed by atoms with Gasteiger partial charge in [-0.25, -0.2) is 23.1 Å². The van der Waals surface area contributed by atoms with E-state index in [1.807, 2.05) is 0 Å². The first-order valence-corrected chi connectivity index (χ1v) is 7.15. The van der Waals surface area contributed by atoms with Gasteiger partial charge in [-0.15, -0.1) is 0 Å². The minimum Gasteiger partial charge on any atom is -0.398 e. The van der Waals surface area contributed by atoms with Crippen LogP contribution in [0, 0.1) is 0 Å². The van der Waals surface area contributed by atoms with Crippen molar-refractivity contribution >= 4 is 27.3 Å². The highest BCUT2D eigenvalue weighted by Crippen LogP contribution is 2.22. The third-order valence-corrected chi connectivity index (χ3v) is 4.09. The number of benzene rings is 1. The van der Waals surface area contributed by atoms with E-state index in [0.717, 1.165) is 0 Å². The van der Waals surface area contributed by atoms with Gasteiger partial charge in [-0.05, 0) is 24.3 Å². The molecule has 2 aromatic rings. The van der Waals surface area contributed by atoms with Crippen molar-refractivity contribution in [3.8, 4) is 0 Å². The van der Waals surface area contributed by atoms with E-state index >= 15 is 0 Å². The van der Waals surface area contributed by atoms with Crippen molar-refractivity contribution in [3.63, 3.8) is 0 Å². The Labute approximate surface area is 115 Å². The molecule has 0 unspecified atom stereocenters. The van der Waals surface area contributed by atoms with E-state index in [9.17, 15) is 8.42 Å². The van der Waals surface area contributed by atoms with Crippen LogP contribution < -0.4 is 10.5 Å². The Bertz CT molecular complexity index is 676. The molecule has 0 atom stereocenters. The smallest absolute Gasteiger partial charge is 0.240 e. The number of rotatable bonds is 4. The predicted octanol–water partition coefficient (Wildman–Crippen LogP) is 1.19. The number of nitrogens with one attached hydrogen (secondary N) is 1. The number of nitrogen functional groups attached to an aromatic ring is 1. The highest BCUT2D eigenvalue weighted by atomic mass is 35.5. The Kier molecular flexibility index (Phi) is 3.98. The lowest BCUT2D eigenvalue weighted by molar-refractivity contribution is 0.580. The number of halogens is 1. The fourth-order valence-corrected chi connectivity index (χ4v) is 2.62. The monoisotopic (exact) mass is 298 g/mol. The summed E-state index contributed by atoms with van der Waals surface area (Å²) in [5, 5.41) is 0.199. The third-order valence-electron chi connectivity index (χ3n) is 2.37. The van der Waals surface area contributed by atoms with Gasteiger partial charge in [0.15, 0.2) is 0 Å². The van der Waals surface area contributed by atoms with Gasteiger partial charge in [-0.3, -0.25) is 0 Å². The van der Waals surface area contributed by atoms with E-state index in [-0.39, 0.29) is 16.5 Å². The Balaban J connectivity index is 2.16. The van der Waals surface area contributed by atoms with E-state index in [0.29, 0.717) is 11.4 Å². The Morgan fingerprint density at radius 1 is 1.32 bits per heavy atom. The third kappa shape index (κ3) is 3.40. The number of nitrogens with zero attached hydrogens (tertiary/aromatic N) is 2. The molecule has 0 fully saturated rings.